The van der Waals surface area contributed by atoms with E-state index in [0.717, 1.165) is 17.7 Å². The first kappa shape index (κ1) is 28.0. The molecule has 0 aliphatic carbocycles. The van der Waals surface area contributed by atoms with Gasteiger partial charge in [-0.2, -0.15) is 0 Å². The first-order valence-electron chi connectivity index (χ1n) is 11.2. The lowest BCUT2D eigenvalue weighted by atomic mass is 10.0. The first-order chi connectivity index (χ1) is 15.4. The summed E-state index contributed by atoms with van der Waals surface area (Å²) in [4.78, 5) is 15.9. The second-order valence-electron chi connectivity index (χ2n) is 7.52. The number of ether oxygens (including phenoxy) is 4. The maximum absolute atomic E-state index is 11.6. The van der Waals surface area contributed by atoms with Crippen LogP contribution in [0.15, 0.2) is 41.4 Å². The van der Waals surface area contributed by atoms with E-state index in [4.69, 9.17) is 18.9 Å². The van der Waals surface area contributed by atoms with Gasteiger partial charge in [0.25, 0.3) is 0 Å². The summed E-state index contributed by atoms with van der Waals surface area (Å²) >= 11 is 0. The van der Waals surface area contributed by atoms with Gasteiger partial charge in [-0.25, -0.2) is 0 Å². The summed E-state index contributed by atoms with van der Waals surface area (Å²) in [6, 6.07) is 8.40. The van der Waals surface area contributed by atoms with Gasteiger partial charge in [0.15, 0.2) is 0 Å². The predicted molar refractivity (Wildman–Crippen MR) is 126 cm³/mol. The third-order valence-corrected chi connectivity index (χ3v) is 4.93. The van der Waals surface area contributed by atoms with E-state index in [2.05, 4.69) is 42.8 Å². The summed E-state index contributed by atoms with van der Waals surface area (Å²) in [6.07, 6.45) is 0.692. The summed E-state index contributed by atoms with van der Waals surface area (Å²) < 4.78 is 21.8. The number of rotatable bonds is 17. The number of esters is 1. The van der Waals surface area contributed by atoms with Crippen LogP contribution >= 0.6 is 0 Å². The van der Waals surface area contributed by atoms with E-state index in [-0.39, 0.29) is 25.1 Å². The van der Waals surface area contributed by atoms with Gasteiger partial charge in [0.2, 0.25) is 0 Å². The van der Waals surface area contributed by atoms with Gasteiger partial charge in [-0.1, -0.05) is 43.3 Å². The maximum Gasteiger partial charge on any atom is 0.305 e. The Kier molecular flexibility index (Phi) is 14.5. The molecule has 0 bridgehead atoms. The smallest absolute Gasteiger partial charge is 0.305 e. The highest BCUT2D eigenvalue weighted by molar-refractivity contribution is 6.03. The number of carbonyl (C=O) groups is 1. The van der Waals surface area contributed by atoms with Crippen LogP contribution in [-0.2, 0) is 30.2 Å². The highest BCUT2D eigenvalue weighted by Gasteiger charge is 2.13. The Morgan fingerprint density at radius 3 is 2.22 bits per heavy atom. The van der Waals surface area contributed by atoms with Crippen molar-refractivity contribution in [3.05, 3.63) is 47.5 Å². The Morgan fingerprint density at radius 1 is 1.06 bits per heavy atom. The molecule has 32 heavy (non-hydrogen) atoms. The van der Waals surface area contributed by atoms with Gasteiger partial charge >= 0.3 is 5.97 Å². The lowest BCUT2D eigenvalue weighted by molar-refractivity contribution is -0.145. The maximum atomic E-state index is 11.6. The fraction of sp³-hybridized carbons (Fsp3) is 0.600. The average molecular weight is 450 g/mol. The summed E-state index contributed by atoms with van der Waals surface area (Å²) in [6.45, 7) is 11.7. The number of carbonyl (C=O) groups excluding carboxylic acids is 1. The van der Waals surface area contributed by atoms with Gasteiger partial charge in [0, 0.05) is 13.5 Å². The molecule has 0 heterocycles. The van der Waals surface area contributed by atoms with Gasteiger partial charge < -0.3 is 24.1 Å². The number of hydrogen-bond acceptors (Lipinski definition) is 7. The second kappa shape index (κ2) is 16.6. The van der Waals surface area contributed by atoms with Gasteiger partial charge in [0.05, 0.1) is 51.0 Å². The monoisotopic (exact) mass is 449 g/mol. The van der Waals surface area contributed by atoms with Crippen LogP contribution in [-0.4, -0.2) is 75.7 Å². The summed E-state index contributed by atoms with van der Waals surface area (Å²) in [5, 5.41) is 9.58. The number of aliphatic imine (C=N–C) groups is 1. The zero-order valence-corrected chi connectivity index (χ0v) is 20.0. The highest BCUT2D eigenvalue weighted by atomic mass is 16.6. The molecule has 1 N–H and O–H groups in total. The molecule has 0 saturated carbocycles. The molecule has 1 aromatic rings. The quantitative estimate of drug-likeness (QED) is 0.170. The molecule has 2 atom stereocenters. The topological polar surface area (TPSA) is 86.6 Å². The van der Waals surface area contributed by atoms with Crippen LogP contribution in [0, 0.1) is 0 Å². The molecular weight excluding hydrogens is 410 g/mol. The molecule has 0 radical (unpaired) electrons. The molecule has 0 aliphatic rings. The minimum absolute atomic E-state index is 0.126. The van der Waals surface area contributed by atoms with Crippen LogP contribution in [0.25, 0.3) is 0 Å². The van der Waals surface area contributed by atoms with Crippen molar-refractivity contribution < 1.29 is 28.8 Å². The molecule has 0 aliphatic heterocycles. The molecule has 0 aromatic heterocycles. The second-order valence-corrected chi connectivity index (χ2v) is 7.52. The van der Waals surface area contributed by atoms with Crippen LogP contribution in [0.1, 0.15) is 44.7 Å². The normalized spacial score (nSPS) is 13.6. The predicted octanol–water partition coefficient (Wildman–Crippen LogP) is 3.37. The van der Waals surface area contributed by atoms with E-state index >= 15 is 0 Å². The fourth-order valence-corrected chi connectivity index (χ4v) is 2.93. The van der Waals surface area contributed by atoms with Crippen LogP contribution < -0.4 is 0 Å². The molecular formula is C25H39NO6. The van der Waals surface area contributed by atoms with E-state index in [1.54, 1.807) is 14.0 Å². The molecule has 7 nitrogen and oxygen atoms in total. The molecule has 0 fully saturated rings. The van der Waals surface area contributed by atoms with Crippen molar-refractivity contribution >= 4 is 11.7 Å². The largest absolute Gasteiger partial charge is 0.463 e. The number of nitrogens with zero attached hydrogens (tertiary/aromatic N) is 1. The van der Waals surface area contributed by atoms with Crippen LogP contribution in [0.4, 0.5) is 0 Å². The Morgan fingerprint density at radius 2 is 1.66 bits per heavy atom. The Hall–Kier alpha value is -2.06. The SMILES string of the molecule is C=C(C)C(O)CCC(=O)OCCOCCOCCOC(C)C(=NC)c1ccc(CC)cc1. The van der Waals surface area contributed by atoms with Gasteiger partial charge in [-0.15, -0.1) is 0 Å². The average Bonchev–Trinajstić information content (AvgIpc) is 2.79. The van der Waals surface area contributed by atoms with Crippen molar-refractivity contribution in [1.29, 1.82) is 0 Å². The van der Waals surface area contributed by atoms with Crippen LogP contribution in [0.3, 0.4) is 0 Å². The van der Waals surface area contributed by atoms with Crippen LogP contribution in [0.5, 0.6) is 0 Å². The lowest BCUT2D eigenvalue weighted by Crippen LogP contribution is -2.24. The summed E-state index contributed by atoms with van der Waals surface area (Å²) in [5.41, 5.74) is 3.92. The molecule has 7 heteroatoms. The van der Waals surface area contributed by atoms with E-state index < -0.39 is 6.10 Å². The van der Waals surface area contributed by atoms with Gasteiger partial charge in [-0.05, 0) is 37.8 Å². The van der Waals surface area contributed by atoms with Gasteiger partial charge in [0.1, 0.15) is 6.61 Å². The number of benzene rings is 1. The Bertz CT molecular complexity index is 701. The third-order valence-electron chi connectivity index (χ3n) is 4.93. The minimum Gasteiger partial charge on any atom is -0.463 e. The minimum atomic E-state index is -0.670. The molecule has 1 aromatic carbocycles. The zero-order valence-electron chi connectivity index (χ0n) is 20.0. The Balaban J connectivity index is 2.06. The molecule has 0 spiro atoms. The van der Waals surface area contributed by atoms with E-state index in [1.165, 1.54) is 5.56 Å². The zero-order chi connectivity index (χ0) is 23.8. The van der Waals surface area contributed by atoms with Crippen molar-refractivity contribution in [2.75, 3.05) is 46.7 Å². The number of aliphatic hydroxyl groups excluding tert-OH is 1. The highest BCUT2D eigenvalue weighted by Crippen LogP contribution is 2.11. The van der Waals surface area contributed by atoms with Crippen molar-refractivity contribution in [2.45, 2.75) is 52.2 Å². The van der Waals surface area contributed by atoms with Crippen LogP contribution in [0.2, 0.25) is 0 Å². The summed E-state index contributed by atoms with van der Waals surface area (Å²) in [5.74, 6) is -0.354. The van der Waals surface area contributed by atoms with E-state index in [0.29, 0.717) is 45.0 Å². The molecule has 0 saturated heterocycles. The van der Waals surface area contributed by atoms with E-state index in [1.807, 2.05) is 6.92 Å². The molecule has 180 valence electrons. The van der Waals surface area contributed by atoms with Gasteiger partial charge in [-0.3, -0.25) is 9.79 Å². The standard InChI is InChI=1S/C25H39NO6/c1-6-21-7-9-22(10-8-21)25(26-5)20(4)31-17-15-29-13-14-30-16-18-32-24(28)12-11-23(27)19(2)3/h7-10,20,23,27H,2,6,11-18H2,1,3-5H3. The van der Waals surface area contributed by atoms with E-state index in [9.17, 15) is 9.90 Å². The number of aryl methyl sites for hydroxylation is 1. The van der Waals surface area contributed by atoms with Crippen molar-refractivity contribution in [1.82, 2.24) is 0 Å². The van der Waals surface area contributed by atoms with Crippen molar-refractivity contribution in [3.63, 3.8) is 0 Å². The number of aliphatic hydroxyl groups is 1. The third kappa shape index (κ3) is 11.5. The molecule has 2 unspecified atom stereocenters. The Labute approximate surface area is 192 Å². The molecule has 1 rings (SSSR count). The summed E-state index contributed by atoms with van der Waals surface area (Å²) in [7, 11) is 1.78. The first-order valence-corrected chi connectivity index (χ1v) is 11.2. The fourth-order valence-electron chi connectivity index (χ4n) is 2.93. The number of hydrogen-bond donors (Lipinski definition) is 1. The van der Waals surface area contributed by atoms with Crippen molar-refractivity contribution in [2.24, 2.45) is 4.99 Å². The molecule has 0 amide bonds. The lowest BCUT2D eigenvalue weighted by Gasteiger charge is -2.16. The van der Waals surface area contributed by atoms with Crippen molar-refractivity contribution in [3.8, 4) is 0 Å².